The summed E-state index contributed by atoms with van der Waals surface area (Å²) in [5, 5.41) is 12.8. The van der Waals surface area contributed by atoms with Crippen LogP contribution in [-0.2, 0) is 23.1 Å². The number of aromatic nitrogens is 2. The largest absolute Gasteiger partial charge is 0.481 e. The Kier molecular flexibility index (Phi) is 4.43. The summed E-state index contributed by atoms with van der Waals surface area (Å²) in [6.45, 7) is -0.988. The molecule has 1 N–H and O–H groups in total. The van der Waals surface area contributed by atoms with Gasteiger partial charge in [0.05, 0.1) is 18.0 Å². The molecular formula is C13H16F3N3O3. The van der Waals surface area contributed by atoms with Crippen LogP contribution in [-0.4, -0.2) is 50.9 Å². The van der Waals surface area contributed by atoms with Gasteiger partial charge in [-0.15, -0.1) is 0 Å². The molecule has 9 heteroatoms. The van der Waals surface area contributed by atoms with Gasteiger partial charge in [0.25, 0.3) is 0 Å². The van der Waals surface area contributed by atoms with E-state index in [-0.39, 0.29) is 6.42 Å². The minimum Gasteiger partial charge on any atom is -0.481 e. The van der Waals surface area contributed by atoms with Crippen LogP contribution in [0, 0.1) is 11.8 Å². The Morgan fingerprint density at radius 1 is 1.41 bits per heavy atom. The van der Waals surface area contributed by atoms with Crippen molar-refractivity contribution < 1.29 is 27.9 Å². The maximum Gasteiger partial charge on any atom is 0.394 e. The highest BCUT2D eigenvalue weighted by molar-refractivity contribution is 5.79. The van der Waals surface area contributed by atoms with Crippen LogP contribution >= 0.6 is 0 Å². The average molecular weight is 319 g/mol. The number of hydrogen-bond donors (Lipinski definition) is 1. The third-order valence-corrected chi connectivity index (χ3v) is 3.80. The van der Waals surface area contributed by atoms with Crippen molar-refractivity contribution in [3.8, 4) is 0 Å². The van der Waals surface area contributed by atoms with E-state index < -0.39 is 43.0 Å². The lowest BCUT2D eigenvalue weighted by Gasteiger charge is -2.18. The van der Waals surface area contributed by atoms with E-state index in [1.165, 1.54) is 0 Å². The molecule has 1 aliphatic heterocycles. The normalized spacial score (nSPS) is 22.1. The molecule has 22 heavy (non-hydrogen) atoms. The zero-order valence-electron chi connectivity index (χ0n) is 11.9. The molecule has 0 bridgehead atoms. The van der Waals surface area contributed by atoms with Crippen molar-refractivity contribution in [3.05, 3.63) is 18.0 Å². The highest BCUT2D eigenvalue weighted by Crippen LogP contribution is 2.37. The van der Waals surface area contributed by atoms with Crippen molar-refractivity contribution in [1.29, 1.82) is 0 Å². The third kappa shape index (κ3) is 3.58. The summed E-state index contributed by atoms with van der Waals surface area (Å²) in [7, 11) is 1.72. The molecule has 0 spiro atoms. The lowest BCUT2D eigenvalue weighted by atomic mass is 9.96. The molecule has 1 saturated heterocycles. The summed E-state index contributed by atoms with van der Waals surface area (Å²) in [6, 6.07) is 0. The van der Waals surface area contributed by atoms with Gasteiger partial charge in [0, 0.05) is 32.8 Å². The molecule has 0 unspecified atom stereocenters. The standard InChI is InChI=1S/C13H16F3N3O3/c1-18-5-8(4-17-18)2-3-11(20)19-6-9(12(21)22)10(7-19)13(14,15)16/h4-5,9-10H,2-3,6-7H2,1H3,(H,21,22)/t9-,10-/m1/s1. The Bertz CT molecular complexity index is 570. The smallest absolute Gasteiger partial charge is 0.394 e. The molecule has 2 rings (SSSR count). The number of hydrogen-bond acceptors (Lipinski definition) is 3. The van der Waals surface area contributed by atoms with Crippen LogP contribution in [0.25, 0.3) is 0 Å². The fraction of sp³-hybridized carbons (Fsp3) is 0.615. The summed E-state index contributed by atoms with van der Waals surface area (Å²) in [5.74, 6) is -5.60. The van der Waals surface area contributed by atoms with Crippen LogP contribution in [0.15, 0.2) is 12.4 Å². The van der Waals surface area contributed by atoms with E-state index in [4.69, 9.17) is 5.11 Å². The number of carbonyl (C=O) groups excluding carboxylic acids is 1. The van der Waals surface area contributed by atoms with E-state index in [1.54, 1.807) is 24.1 Å². The molecule has 1 fully saturated rings. The zero-order chi connectivity index (χ0) is 16.5. The third-order valence-electron chi connectivity index (χ3n) is 3.80. The summed E-state index contributed by atoms with van der Waals surface area (Å²) < 4.78 is 40.1. The van der Waals surface area contributed by atoms with Gasteiger partial charge in [-0.25, -0.2) is 0 Å². The van der Waals surface area contributed by atoms with E-state index in [9.17, 15) is 22.8 Å². The molecule has 1 aromatic rings. The topological polar surface area (TPSA) is 75.4 Å². The van der Waals surface area contributed by atoms with Crippen LogP contribution in [0.3, 0.4) is 0 Å². The monoisotopic (exact) mass is 319 g/mol. The van der Waals surface area contributed by atoms with Crippen molar-refractivity contribution >= 4 is 11.9 Å². The number of aliphatic carboxylic acids is 1. The molecule has 2 heterocycles. The summed E-state index contributed by atoms with van der Waals surface area (Å²) in [6.07, 6.45) is -0.937. The number of rotatable bonds is 4. The lowest BCUT2D eigenvalue weighted by molar-refractivity contribution is -0.188. The number of amides is 1. The number of carbonyl (C=O) groups is 2. The molecule has 0 aliphatic carbocycles. The number of carboxylic acids is 1. The minimum atomic E-state index is -4.62. The van der Waals surface area contributed by atoms with Gasteiger partial charge in [0.1, 0.15) is 0 Å². The van der Waals surface area contributed by atoms with Crippen LogP contribution in [0.4, 0.5) is 13.2 Å². The van der Waals surface area contributed by atoms with Crippen molar-refractivity contribution in [2.75, 3.05) is 13.1 Å². The quantitative estimate of drug-likeness (QED) is 0.901. The van der Waals surface area contributed by atoms with Gasteiger partial charge in [0.2, 0.25) is 5.91 Å². The van der Waals surface area contributed by atoms with E-state index in [2.05, 4.69) is 5.10 Å². The summed E-state index contributed by atoms with van der Waals surface area (Å²) >= 11 is 0. The van der Waals surface area contributed by atoms with Gasteiger partial charge in [-0.1, -0.05) is 0 Å². The van der Waals surface area contributed by atoms with E-state index in [0.29, 0.717) is 6.42 Å². The lowest BCUT2D eigenvalue weighted by Crippen LogP contribution is -2.34. The number of likely N-dealkylation sites (tertiary alicyclic amines) is 1. The van der Waals surface area contributed by atoms with Crippen LogP contribution in [0.1, 0.15) is 12.0 Å². The van der Waals surface area contributed by atoms with Crippen molar-refractivity contribution in [2.45, 2.75) is 19.0 Å². The predicted molar refractivity (Wildman–Crippen MR) is 68.8 cm³/mol. The molecule has 0 radical (unpaired) electrons. The first-order valence-electron chi connectivity index (χ1n) is 6.73. The number of nitrogens with zero attached hydrogens (tertiary/aromatic N) is 3. The number of alkyl halides is 3. The molecule has 1 aromatic heterocycles. The van der Waals surface area contributed by atoms with Crippen molar-refractivity contribution in [2.24, 2.45) is 18.9 Å². The number of aryl methyl sites for hydroxylation is 2. The molecule has 0 aromatic carbocycles. The SMILES string of the molecule is Cn1cc(CCC(=O)N2C[C@@H](C(F)(F)F)[C@H](C(=O)O)C2)cn1. The van der Waals surface area contributed by atoms with Gasteiger partial charge < -0.3 is 10.0 Å². The molecule has 1 amide bonds. The highest BCUT2D eigenvalue weighted by Gasteiger charge is 2.53. The van der Waals surface area contributed by atoms with Gasteiger partial charge in [-0.2, -0.15) is 18.3 Å². The van der Waals surface area contributed by atoms with E-state index >= 15 is 0 Å². The summed E-state index contributed by atoms with van der Waals surface area (Å²) in [5.41, 5.74) is 0.803. The van der Waals surface area contributed by atoms with Gasteiger partial charge in [0.15, 0.2) is 0 Å². The summed E-state index contributed by atoms with van der Waals surface area (Å²) in [4.78, 5) is 24.0. The molecular weight excluding hydrogens is 303 g/mol. The molecule has 1 aliphatic rings. The molecule has 0 saturated carbocycles. The Morgan fingerprint density at radius 3 is 2.55 bits per heavy atom. The van der Waals surface area contributed by atoms with Crippen LogP contribution in [0.5, 0.6) is 0 Å². The second kappa shape index (κ2) is 5.98. The van der Waals surface area contributed by atoms with Gasteiger partial charge in [-0.05, 0) is 12.0 Å². The van der Waals surface area contributed by atoms with Gasteiger partial charge in [-0.3, -0.25) is 14.3 Å². The minimum absolute atomic E-state index is 0.0304. The second-order valence-corrected chi connectivity index (χ2v) is 5.41. The highest BCUT2D eigenvalue weighted by atomic mass is 19.4. The first-order chi connectivity index (χ1) is 10.2. The Labute approximate surface area is 124 Å². The maximum atomic E-state index is 12.8. The maximum absolute atomic E-state index is 12.8. The van der Waals surface area contributed by atoms with E-state index in [1.807, 2.05) is 0 Å². The van der Waals surface area contributed by atoms with Crippen molar-refractivity contribution in [3.63, 3.8) is 0 Å². The number of carboxylic acid groups (broad SMARTS) is 1. The Balaban J connectivity index is 1.97. The number of halogens is 3. The fourth-order valence-corrected chi connectivity index (χ4v) is 2.60. The first-order valence-corrected chi connectivity index (χ1v) is 6.73. The molecule has 2 atom stereocenters. The second-order valence-electron chi connectivity index (χ2n) is 5.41. The Morgan fingerprint density at radius 2 is 2.09 bits per heavy atom. The van der Waals surface area contributed by atoms with Crippen molar-refractivity contribution in [1.82, 2.24) is 14.7 Å². The van der Waals surface area contributed by atoms with Gasteiger partial charge >= 0.3 is 12.1 Å². The fourth-order valence-electron chi connectivity index (χ4n) is 2.60. The van der Waals surface area contributed by atoms with Crippen LogP contribution in [0.2, 0.25) is 0 Å². The van der Waals surface area contributed by atoms with Crippen LogP contribution < -0.4 is 0 Å². The average Bonchev–Trinajstić information content (AvgIpc) is 3.01. The molecule has 122 valence electrons. The Hall–Kier alpha value is -2.06. The first kappa shape index (κ1) is 16.3. The predicted octanol–water partition coefficient (Wildman–Crippen LogP) is 1.07. The zero-order valence-corrected chi connectivity index (χ0v) is 11.9. The molecule has 6 nitrogen and oxygen atoms in total. The van der Waals surface area contributed by atoms with E-state index in [0.717, 1.165) is 10.5 Å².